The third kappa shape index (κ3) is 3.35. The number of hydrogen-bond acceptors (Lipinski definition) is 4. The van der Waals surface area contributed by atoms with E-state index in [-0.39, 0.29) is 18.2 Å². The molecule has 2 aromatic rings. The number of benzene rings is 2. The van der Waals surface area contributed by atoms with E-state index < -0.39 is 5.60 Å². The Balaban J connectivity index is 1.95. The normalized spacial score (nSPS) is 24.8. The van der Waals surface area contributed by atoms with E-state index in [4.69, 9.17) is 4.74 Å². The van der Waals surface area contributed by atoms with Crippen molar-refractivity contribution in [3.8, 4) is 5.75 Å². The standard InChI is InChI=1S/C20H23NO3/c1-20(23)14-21(13-15-8-4-3-5-9-15)17(12-19(20)22)16-10-6-7-11-18(16)24-2/h3-11,17,23H,12-14H2,1-2H3/t17-,20-/m0/s1. The Morgan fingerprint density at radius 2 is 1.83 bits per heavy atom. The predicted molar refractivity (Wildman–Crippen MR) is 92.8 cm³/mol. The van der Waals surface area contributed by atoms with Crippen LogP contribution in [0.4, 0.5) is 0 Å². The number of hydrogen-bond donors (Lipinski definition) is 1. The summed E-state index contributed by atoms with van der Waals surface area (Å²) in [4.78, 5) is 14.5. The number of piperidine rings is 1. The van der Waals surface area contributed by atoms with Gasteiger partial charge in [-0.05, 0) is 18.6 Å². The number of carbonyl (C=O) groups excluding carboxylic acids is 1. The van der Waals surface area contributed by atoms with Crippen LogP contribution in [0.2, 0.25) is 0 Å². The van der Waals surface area contributed by atoms with Gasteiger partial charge in [0, 0.05) is 31.1 Å². The molecule has 4 heteroatoms. The largest absolute Gasteiger partial charge is 0.496 e. The Morgan fingerprint density at radius 1 is 1.17 bits per heavy atom. The Bertz CT molecular complexity index is 712. The minimum absolute atomic E-state index is 0.103. The summed E-state index contributed by atoms with van der Waals surface area (Å²) in [7, 11) is 1.64. The van der Waals surface area contributed by atoms with Crippen molar-refractivity contribution < 1.29 is 14.6 Å². The van der Waals surface area contributed by atoms with E-state index in [2.05, 4.69) is 17.0 Å². The van der Waals surface area contributed by atoms with E-state index in [1.807, 2.05) is 42.5 Å². The molecule has 0 spiro atoms. The van der Waals surface area contributed by atoms with Gasteiger partial charge in [0.15, 0.2) is 5.78 Å². The van der Waals surface area contributed by atoms with E-state index >= 15 is 0 Å². The molecule has 1 heterocycles. The first kappa shape index (κ1) is 16.7. The van der Waals surface area contributed by atoms with Crippen molar-refractivity contribution >= 4 is 5.78 Å². The monoisotopic (exact) mass is 325 g/mol. The first-order chi connectivity index (χ1) is 11.5. The fourth-order valence-corrected chi connectivity index (χ4v) is 3.35. The van der Waals surface area contributed by atoms with Crippen molar-refractivity contribution in [2.75, 3.05) is 13.7 Å². The third-order valence-corrected chi connectivity index (χ3v) is 4.66. The van der Waals surface area contributed by atoms with Gasteiger partial charge in [-0.25, -0.2) is 0 Å². The first-order valence-corrected chi connectivity index (χ1v) is 8.18. The van der Waals surface area contributed by atoms with Crippen LogP contribution in [0.5, 0.6) is 5.75 Å². The highest BCUT2D eigenvalue weighted by molar-refractivity contribution is 5.88. The molecule has 1 N–H and O–H groups in total. The van der Waals surface area contributed by atoms with Crippen LogP contribution in [-0.4, -0.2) is 35.0 Å². The molecule has 1 saturated heterocycles. The zero-order valence-electron chi connectivity index (χ0n) is 14.1. The van der Waals surface area contributed by atoms with Crippen LogP contribution in [0, 0.1) is 0 Å². The molecule has 1 aliphatic rings. The Morgan fingerprint density at radius 3 is 2.54 bits per heavy atom. The highest BCUT2D eigenvalue weighted by Crippen LogP contribution is 2.38. The summed E-state index contributed by atoms with van der Waals surface area (Å²) in [6.07, 6.45) is 0.278. The maximum atomic E-state index is 12.4. The summed E-state index contributed by atoms with van der Waals surface area (Å²) in [6, 6.07) is 17.8. The average molecular weight is 325 g/mol. The van der Waals surface area contributed by atoms with Crippen molar-refractivity contribution in [1.29, 1.82) is 0 Å². The highest BCUT2D eigenvalue weighted by Gasteiger charge is 2.42. The first-order valence-electron chi connectivity index (χ1n) is 8.18. The summed E-state index contributed by atoms with van der Waals surface area (Å²) in [6.45, 7) is 2.59. The van der Waals surface area contributed by atoms with Crippen LogP contribution in [0.15, 0.2) is 54.6 Å². The van der Waals surface area contributed by atoms with Gasteiger partial charge in [0.25, 0.3) is 0 Å². The molecule has 4 nitrogen and oxygen atoms in total. The van der Waals surface area contributed by atoms with Crippen LogP contribution in [0.25, 0.3) is 0 Å². The minimum Gasteiger partial charge on any atom is -0.496 e. The van der Waals surface area contributed by atoms with Crippen molar-refractivity contribution in [2.24, 2.45) is 0 Å². The number of aliphatic hydroxyl groups is 1. The maximum absolute atomic E-state index is 12.4. The second-order valence-corrected chi connectivity index (χ2v) is 6.55. The Kier molecular flexibility index (Phi) is 4.69. The van der Waals surface area contributed by atoms with Gasteiger partial charge < -0.3 is 9.84 Å². The van der Waals surface area contributed by atoms with Crippen molar-refractivity contribution in [3.05, 3.63) is 65.7 Å². The number of ketones is 1. The van der Waals surface area contributed by atoms with Crippen LogP contribution in [0.3, 0.4) is 0 Å². The Hall–Kier alpha value is -2.17. The van der Waals surface area contributed by atoms with Gasteiger partial charge in [-0.1, -0.05) is 48.5 Å². The lowest BCUT2D eigenvalue weighted by atomic mass is 9.85. The number of likely N-dealkylation sites (tertiary alicyclic amines) is 1. The molecule has 3 rings (SSSR count). The molecule has 1 aliphatic heterocycles. The molecule has 24 heavy (non-hydrogen) atoms. The molecule has 0 saturated carbocycles. The van der Waals surface area contributed by atoms with Crippen LogP contribution >= 0.6 is 0 Å². The van der Waals surface area contributed by atoms with Gasteiger partial charge in [-0.2, -0.15) is 0 Å². The lowest BCUT2D eigenvalue weighted by Gasteiger charge is -2.42. The molecule has 126 valence electrons. The van der Waals surface area contributed by atoms with E-state index in [9.17, 15) is 9.90 Å². The van der Waals surface area contributed by atoms with Gasteiger partial charge in [-0.15, -0.1) is 0 Å². The van der Waals surface area contributed by atoms with E-state index in [0.29, 0.717) is 13.1 Å². The van der Waals surface area contributed by atoms with Gasteiger partial charge in [0.2, 0.25) is 0 Å². The van der Waals surface area contributed by atoms with E-state index in [0.717, 1.165) is 16.9 Å². The summed E-state index contributed by atoms with van der Waals surface area (Å²) >= 11 is 0. The summed E-state index contributed by atoms with van der Waals surface area (Å²) in [5, 5.41) is 10.5. The number of nitrogens with zero attached hydrogens (tertiary/aromatic N) is 1. The molecule has 0 aliphatic carbocycles. The molecule has 1 fully saturated rings. The predicted octanol–water partition coefficient (Wildman–Crippen LogP) is 2.96. The summed E-state index contributed by atoms with van der Waals surface area (Å²) in [5.41, 5.74) is 0.829. The SMILES string of the molecule is COc1ccccc1[C@@H]1CC(=O)[C@@](C)(O)CN1Cc1ccccc1. The maximum Gasteiger partial charge on any atom is 0.167 e. The number of carbonyl (C=O) groups is 1. The molecule has 0 bridgehead atoms. The molecule has 0 unspecified atom stereocenters. The lowest BCUT2D eigenvalue weighted by Crippen LogP contribution is -2.53. The quantitative estimate of drug-likeness (QED) is 0.939. The average Bonchev–Trinajstić information content (AvgIpc) is 2.58. The number of ether oxygens (including phenoxy) is 1. The number of Topliss-reactive ketones (excluding diaryl/α,β-unsaturated/α-hetero) is 1. The number of para-hydroxylation sites is 1. The molecule has 2 atom stereocenters. The van der Waals surface area contributed by atoms with Gasteiger partial charge in [0.1, 0.15) is 11.4 Å². The fraction of sp³-hybridized carbons (Fsp3) is 0.350. The van der Waals surface area contributed by atoms with E-state index in [1.165, 1.54) is 0 Å². The van der Waals surface area contributed by atoms with Gasteiger partial charge >= 0.3 is 0 Å². The van der Waals surface area contributed by atoms with Crippen LogP contribution < -0.4 is 4.74 Å². The molecular formula is C20H23NO3. The van der Waals surface area contributed by atoms with Crippen LogP contribution in [0.1, 0.15) is 30.5 Å². The fourth-order valence-electron chi connectivity index (χ4n) is 3.35. The zero-order valence-corrected chi connectivity index (χ0v) is 14.1. The van der Waals surface area contributed by atoms with Crippen molar-refractivity contribution in [2.45, 2.75) is 31.5 Å². The minimum atomic E-state index is -1.31. The number of β-amino-alcohol motifs (C(OH)–C–C–N with tert-alkyl or cyclic N) is 1. The molecule has 0 amide bonds. The molecular weight excluding hydrogens is 302 g/mol. The molecule has 0 aromatic heterocycles. The van der Waals surface area contributed by atoms with Crippen molar-refractivity contribution in [1.82, 2.24) is 4.90 Å². The van der Waals surface area contributed by atoms with Crippen molar-refractivity contribution in [3.63, 3.8) is 0 Å². The second kappa shape index (κ2) is 6.75. The summed E-state index contributed by atoms with van der Waals surface area (Å²) < 4.78 is 5.48. The molecule has 2 aromatic carbocycles. The van der Waals surface area contributed by atoms with E-state index in [1.54, 1.807) is 14.0 Å². The highest BCUT2D eigenvalue weighted by atomic mass is 16.5. The summed E-state index contributed by atoms with van der Waals surface area (Å²) in [5.74, 6) is 0.651. The lowest BCUT2D eigenvalue weighted by molar-refractivity contribution is -0.146. The topological polar surface area (TPSA) is 49.8 Å². The second-order valence-electron chi connectivity index (χ2n) is 6.55. The third-order valence-electron chi connectivity index (χ3n) is 4.66. The zero-order chi connectivity index (χ0) is 17.2. The van der Waals surface area contributed by atoms with Gasteiger partial charge in [0.05, 0.1) is 7.11 Å². The molecule has 0 radical (unpaired) electrons. The number of rotatable bonds is 4. The number of methoxy groups -OCH3 is 1. The Labute approximate surface area is 142 Å². The smallest absolute Gasteiger partial charge is 0.167 e. The van der Waals surface area contributed by atoms with Crippen LogP contribution in [-0.2, 0) is 11.3 Å². The van der Waals surface area contributed by atoms with Gasteiger partial charge in [-0.3, -0.25) is 9.69 Å².